The summed E-state index contributed by atoms with van der Waals surface area (Å²) in [6, 6.07) is 10.6. The molecule has 0 unspecified atom stereocenters. The molecule has 0 spiro atoms. The minimum Gasteiger partial charge on any atom is -0.386 e. The van der Waals surface area contributed by atoms with Crippen molar-refractivity contribution >= 4 is 52.6 Å². The minimum atomic E-state index is -0.410. The van der Waals surface area contributed by atoms with E-state index in [9.17, 15) is 4.79 Å². The predicted molar refractivity (Wildman–Crippen MR) is 94.8 cm³/mol. The van der Waals surface area contributed by atoms with Crippen molar-refractivity contribution < 1.29 is 9.63 Å². The molecule has 120 valence electrons. The fraction of sp³-hybridized carbons (Fsp3) is 0.125. The number of carbonyl (C=O) groups is 1. The number of hydrogen-bond acceptors (Lipinski definition) is 3. The lowest BCUT2D eigenvalue weighted by molar-refractivity contribution is -0.120. The molecular weight excluding hydrogens is 359 g/mol. The van der Waals surface area contributed by atoms with Gasteiger partial charge in [-0.25, -0.2) is 0 Å². The SMILES string of the molecule is Cc1ccccc1/C=N\OCC(=O)Nc1cc(Cl)c(Cl)cc1Cl. The third kappa shape index (κ3) is 5.13. The van der Waals surface area contributed by atoms with E-state index in [0.717, 1.165) is 11.1 Å². The van der Waals surface area contributed by atoms with Gasteiger partial charge in [0.05, 0.1) is 27.0 Å². The first-order valence-electron chi connectivity index (χ1n) is 6.62. The van der Waals surface area contributed by atoms with Crippen molar-refractivity contribution in [3.8, 4) is 0 Å². The predicted octanol–water partition coefficient (Wildman–Crippen LogP) is 4.94. The Morgan fingerprint density at radius 2 is 1.87 bits per heavy atom. The van der Waals surface area contributed by atoms with Crippen LogP contribution in [0.5, 0.6) is 0 Å². The number of nitrogens with one attached hydrogen (secondary N) is 1. The highest BCUT2D eigenvalue weighted by atomic mass is 35.5. The summed E-state index contributed by atoms with van der Waals surface area (Å²) in [4.78, 5) is 16.8. The molecule has 2 rings (SSSR count). The number of aryl methyl sites for hydroxylation is 1. The second-order valence-electron chi connectivity index (χ2n) is 4.66. The Labute approximate surface area is 149 Å². The Morgan fingerprint density at radius 1 is 1.17 bits per heavy atom. The van der Waals surface area contributed by atoms with E-state index < -0.39 is 5.91 Å². The number of nitrogens with zero attached hydrogens (tertiary/aromatic N) is 1. The molecule has 0 aliphatic carbocycles. The van der Waals surface area contributed by atoms with E-state index in [0.29, 0.717) is 15.7 Å². The van der Waals surface area contributed by atoms with Gasteiger partial charge in [0.2, 0.25) is 0 Å². The van der Waals surface area contributed by atoms with Crippen LogP contribution < -0.4 is 5.32 Å². The molecule has 0 heterocycles. The Kier molecular flexibility index (Phi) is 6.28. The van der Waals surface area contributed by atoms with Crippen molar-refractivity contribution in [1.29, 1.82) is 0 Å². The van der Waals surface area contributed by atoms with Crippen molar-refractivity contribution in [1.82, 2.24) is 0 Å². The largest absolute Gasteiger partial charge is 0.386 e. The maximum Gasteiger partial charge on any atom is 0.265 e. The average Bonchev–Trinajstić information content (AvgIpc) is 2.51. The monoisotopic (exact) mass is 370 g/mol. The van der Waals surface area contributed by atoms with Crippen molar-refractivity contribution in [2.24, 2.45) is 5.16 Å². The normalized spacial score (nSPS) is 10.8. The third-order valence-corrected chi connectivity index (χ3v) is 3.97. The molecule has 1 amide bonds. The summed E-state index contributed by atoms with van der Waals surface area (Å²) in [5.41, 5.74) is 2.34. The average molecular weight is 372 g/mol. The highest BCUT2D eigenvalue weighted by molar-refractivity contribution is 6.44. The summed E-state index contributed by atoms with van der Waals surface area (Å²) in [6.45, 7) is 1.71. The van der Waals surface area contributed by atoms with Gasteiger partial charge >= 0.3 is 0 Å². The lowest BCUT2D eigenvalue weighted by atomic mass is 10.1. The number of rotatable bonds is 5. The van der Waals surface area contributed by atoms with Crippen molar-refractivity contribution in [3.63, 3.8) is 0 Å². The molecule has 0 aromatic heterocycles. The smallest absolute Gasteiger partial charge is 0.265 e. The van der Waals surface area contributed by atoms with Crippen molar-refractivity contribution in [2.45, 2.75) is 6.92 Å². The number of hydrogen-bond donors (Lipinski definition) is 1. The number of anilines is 1. The number of amides is 1. The van der Waals surface area contributed by atoms with Crippen LogP contribution in [-0.4, -0.2) is 18.7 Å². The molecule has 0 saturated carbocycles. The van der Waals surface area contributed by atoms with Crippen LogP contribution in [0.1, 0.15) is 11.1 Å². The van der Waals surface area contributed by atoms with E-state index in [1.54, 1.807) is 6.21 Å². The van der Waals surface area contributed by atoms with Gasteiger partial charge in [0.1, 0.15) is 0 Å². The molecule has 2 aromatic rings. The maximum atomic E-state index is 11.8. The van der Waals surface area contributed by atoms with Crippen LogP contribution >= 0.6 is 34.8 Å². The quantitative estimate of drug-likeness (QED) is 0.459. The molecule has 4 nitrogen and oxygen atoms in total. The van der Waals surface area contributed by atoms with E-state index in [2.05, 4.69) is 10.5 Å². The molecular formula is C16H13Cl3N2O2. The highest BCUT2D eigenvalue weighted by Crippen LogP contribution is 2.32. The van der Waals surface area contributed by atoms with Gasteiger partial charge in [0.15, 0.2) is 6.61 Å². The second kappa shape index (κ2) is 8.20. The lowest BCUT2D eigenvalue weighted by Crippen LogP contribution is -2.17. The van der Waals surface area contributed by atoms with Gasteiger partial charge in [-0.1, -0.05) is 64.2 Å². The topological polar surface area (TPSA) is 50.7 Å². The summed E-state index contributed by atoms with van der Waals surface area (Å²) >= 11 is 17.7. The van der Waals surface area contributed by atoms with Gasteiger partial charge < -0.3 is 10.2 Å². The Bertz CT molecular complexity index is 748. The summed E-state index contributed by atoms with van der Waals surface area (Å²) in [5.74, 6) is -0.410. The molecule has 23 heavy (non-hydrogen) atoms. The Hall–Kier alpha value is -1.75. The first kappa shape index (κ1) is 17.6. The zero-order valence-electron chi connectivity index (χ0n) is 12.1. The maximum absolute atomic E-state index is 11.8. The van der Waals surface area contributed by atoms with Crippen molar-refractivity contribution in [2.75, 3.05) is 11.9 Å². The van der Waals surface area contributed by atoms with E-state index in [1.165, 1.54) is 12.1 Å². The Balaban J connectivity index is 1.89. The zero-order valence-corrected chi connectivity index (χ0v) is 14.4. The fourth-order valence-electron chi connectivity index (χ4n) is 1.73. The second-order valence-corrected chi connectivity index (χ2v) is 5.88. The van der Waals surface area contributed by atoms with Crippen LogP contribution in [0.2, 0.25) is 15.1 Å². The summed E-state index contributed by atoms with van der Waals surface area (Å²) in [5, 5.41) is 7.25. The van der Waals surface area contributed by atoms with E-state index >= 15 is 0 Å². The molecule has 0 aliphatic rings. The molecule has 0 radical (unpaired) electrons. The molecule has 7 heteroatoms. The van der Waals surface area contributed by atoms with Crippen LogP contribution in [-0.2, 0) is 9.63 Å². The highest BCUT2D eigenvalue weighted by Gasteiger charge is 2.09. The van der Waals surface area contributed by atoms with Crippen LogP contribution in [0.3, 0.4) is 0 Å². The van der Waals surface area contributed by atoms with Gasteiger partial charge in [0.25, 0.3) is 5.91 Å². The number of carbonyl (C=O) groups excluding carboxylic acids is 1. The van der Waals surface area contributed by atoms with Gasteiger partial charge in [-0.3, -0.25) is 4.79 Å². The van der Waals surface area contributed by atoms with Crippen LogP contribution in [0.4, 0.5) is 5.69 Å². The third-order valence-electron chi connectivity index (χ3n) is 2.93. The van der Waals surface area contributed by atoms with Gasteiger partial charge in [-0.05, 0) is 30.2 Å². The lowest BCUT2D eigenvalue weighted by Gasteiger charge is -2.08. The minimum absolute atomic E-state index is 0.251. The van der Waals surface area contributed by atoms with Crippen molar-refractivity contribution in [3.05, 3.63) is 62.6 Å². The first-order valence-corrected chi connectivity index (χ1v) is 7.76. The van der Waals surface area contributed by atoms with Gasteiger partial charge in [-0.2, -0.15) is 0 Å². The van der Waals surface area contributed by atoms with Crippen LogP contribution in [0.15, 0.2) is 41.6 Å². The fourth-order valence-corrected chi connectivity index (χ4v) is 2.32. The molecule has 2 aromatic carbocycles. The van der Waals surface area contributed by atoms with E-state index in [-0.39, 0.29) is 11.6 Å². The first-order chi connectivity index (χ1) is 11.0. The molecule has 0 fully saturated rings. The summed E-state index contributed by atoms with van der Waals surface area (Å²) in [6.07, 6.45) is 1.55. The molecule has 0 aliphatic heterocycles. The molecule has 0 bridgehead atoms. The zero-order chi connectivity index (χ0) is 16.8. The molecule has 0 atom stereocenters. The molecule has 1 N–H and O–H groups in total. The van der Waals surface area contributed by atoms with E-state index in [1.807, 2.05) is 31.2 Å². The van der Waals surface area contributed by atoms with Gasteiger partial charge in [0, 0.05) is 0 Å². The molecule has 0 saturated heterocycles. The summed E-state index contributed by atoms with van der Waals surface area (Å²) < 4.78 is 0. The van der Waals surface area contributed by atoms with Crippen LogP contribution in [0.25, 0.3) is 0 Å². The van der Waals surface area contributed by atoms with Crippen LogP contribution in [0, 0.1) is 6.92 Å². The number of oxime groups is 1. The standard InChI is InChI=1S/C16H13Cl3N2O2/c1-10-4-2-3-5-11(10)8-20-23-9-16(22)21-15-7-13(18)12(17)6-14(15)19/h2-8H,9H2,1H3,(H,21,22)/b20-8-. The Morgan fingerprint density at radius 3 is 2.61 bits per heavy atom. The van der Waals surface area contributed by atoms with E-state index in [4.69, 9.17) is 39.6 Å². The van der Waals surface area contributed by atoms with Gasteiger partial charge in [-0.15, -0.1) is 0 Å². The number of halogens is 3. The number of benzene rings is 2. The summed E-state index contributed by atoms with van der Waals surface area (Å²) in [7, 11) is 0.